The van der Waals surface area contributed by atoms with Gasteiger partial charge in [0.25, 0.3) is 0 Å². The summed E-state index contributed by atoms with van der Waals surface area (Å²) in [6.07, 6.45) is 1.89. The third-order valence-corrected chi connectivity index (χ3v) is 3.79. The van der Waals surface area contributed by atoms with Gasteiger partial charge < -0.3 is 9.47 Å². The average Bonchev–Trinajstić information content (AvgIpc) is 2.54. The van der Waals surface area contributed by atoms with E-state index in [1.165, 1.54) is 5.56 Å². The van der Waals surface area contributed by atoms with Gasteiger partial charge in [-0.25, -0.2) is 4.79 Å². The van der Waals surface area contributed by atoms with Crippen LogP contribution in [0.25, 0.3) is 0 Å². The summed E-state index contributed by atoms with van der Waals surface area (Å²) in [5.74, 6) is 0.891. The number of halogens is 1. The molecule has 0 heterocycles. The summed E-state index contributed by atoms with van der Waals surface area (Å²) < 4.78 is 11.7. The first-order chi connectivity index (χ1) is 10.6. The first kappa shape index (κ1) is 16.6. The Hall–Kier alpha value is -1.81. The molecule has 0 radical (unpaired) electrons. The Morgan fingerprint density at radius 3 is 2.41 bits per heavy atom. The number of rotatable bonds is 6. The molecule has 2 aromatic rings. The molecule has 0 aliphatic rings. The lowest BCUT2D eigenvalue weighted by molar-refractivity contribution is 0.0734. The summed E-state index contributed by atoms with van der Waals surface area (Å²) in [7, 11) is 0. The highest BCUT2D eigenvalue weighted by atomic mass is 79.9. The number of carbonyl (C=O) groups is 1. The Balaban J connectivity index is 2.06. The van der Waals surface area contributed by atoms with E-state index in [0.29, 0.717) is 17.9 Å². The molecule has 4 heteroatoms. The van der Waals surface area contributed by atoms with E-state index in [1.807, 2.05) is 31.2 Å². The van der Waals surface area contributed by atoms with Gasteiger partial charge in [0.2, 0.25) is 0 Å². The van der Waals surface area contributed by atoms with Crippen LogP contribution >= 0.6 is 15.9 Å². The van der Waals surface area contributed by atoms with Crippen LogP contribution in [0, 0.1) is 0 Å². The second kappa shape index (κ2) is 7.99. The van der Waals surface area contributed by atoms with Crippen molar-refractivity contribution in [3.63, 3.8) is 0 Å². The highest BCUT2D eigenvalue weighted by Gasteiger charge is 2.11. The van der Waals surface area contributed by atoms with Crippen LogP contribution in [-0.2, 0) is 6.42 Å². The highest BCUT2D eigenvalue weighted by molar-refractivity contribution is 9.10. The van der Waals surface area contributed by atoms with Crippen LogP contribution < -0.4 is 9.47 Å². The van der Waals surface area contributed by atoms with Crippen molar-refractivity contribution in [2.24, 2.45) is 0 Å². The van der Waals surface area contributed by atoms with Crippen molar-refractivity contribution in [2.45, 2.75) is 26.7 Å². The van der Waals surface area contributed by atoms with E-state index in [-0.39, 0.29) is 5.97 Å². The summed E-state index contributed by atoms with van der Waals surface area (Å²) in [6.45, 7) is 4.77. The van der Waals surface area contributed by atoms with E-state index in [2.05, 4.69) is 22.9 Å². The molecule has 0 spiro atoms. The van der Waals surface area contributed by atoms with Gasteiger partial charge in [-0.3, -0.25) is 0 Å². The molecule has 3 nitrogen and oxygen atoms in total. The molecule has 0 aromatic heterocycles. The third-order valence-electron chi connectivity index (χ3n) is 3.17. The number of esters is 1. The lowest BCUT2D eigenvalue weighted by atomic mass is 10.2. The molecule has 0 unspecified atom stereocenters. The quantitative estimate of drug-likeness (QED) is 0.534. The van der Waals surface area contributed by atoms with Crippen LogP contribution in [0.1, 0.15) is 36.2 Å². The fourth-order valence-electron chi connectivity index (χ4n) is 1.92. The van der Waals surface area contributed by atoms with E-state index in [9.17, 15) is 4.79 Å². The zero-order chi connectivity index (χ0) is 15.9. The van der Waals surface area contributed by atoms with Crippen molar-refractivity contribution in [1.82, 2.24) is 0 Å². The van der Waals surface area contributed by atoms with Crippen molar-refractivity contribution < 1.29 is 14.3 Å². The maximum Gasteiger partial charge on any atom is 0.343 e. The summed E-state index contributed by atoms with van der Waals surface area (Å²) in [5.41, 5.74) is 1.69. The van der Waals surface area contributed by atoms with Crippen molar-refractivity contribution in [1.29, 1.82) is 0 Å². The Morgan fingerprint density at radius 1 is 1.09 bits per heavy atom. The fraction of sp³-hybridized carbons (Fsp3) is 0.278. The summed E-state index contributed by atoms with van der Waals surface area (Å²) >= 11 is 3.42. The van der Waals surface area contributed by atoms with Gasteiger partial charge in [-0.2, -0.15) is 0 Å². The summed E-state index contributed by atoms with van der Waals surface area (Å²) in [4.78, 5) is 12.2. The third kappa shape index (κ3) is 4.34. The number of hydrogen-bond donors (Lipinski definition) is 0. The van der Waals surface area contributed by atoms with E-state index in [4.69, 9.17) is 9.47 Å². The lowest BCUT2D eigenvalue weighted by Crippen LogP contribution is -2.08. The van der Waals surface area contributed by atoms with Gasteiger partial charge in [-0.15, -0.1) is 0 Å². The standard InChI is InChI=1S/C18H19BrO3/c1-3-11-21-17-10-7-14(12-16(17)19)18(20)22-15-8-5-13(4-2)6-9-15/h5-10,12H,3-4,11H2,1-2H3. The van der Waals surface area contributed by atoms with Crippen molar-refractivity contribution in [3.05, 3.63) is 58.1 Å². The van der Waals surface area contributed by atoms with Gasteiger partial charge in [-0.1, -0.05) is 26.0 Å². The Morgan fingerprint density at radius 2 is 1.82 bits per heavy atom. The van der Waals surface area contributed by atoms with Gasteiger partial charge in [0.1, 0.15) is 11.5 Å². The predicted molar refractivity (Wildman–Crippen MR) is 90.7 cm³/mol. The average molecular weight is 363 g/mol. The maximum absolute atomic E-state index is 12.2. The molecule has 22 heavy (non-hydrogen) atoms. The topological polar surface area (TPSA) is 35.5 Å². The van der Waals surface area contributed by atoms with E-state index >= 15 is 0 Å². The lowest BCUT2D eigenvalue weighted by Gasteiger charge is -2.09. The van der Waals surface area contributed by atoms with E-state index in [0.717, 1.165) is 23.1 Å². The Kier molecular flexibility index (Phi) is 6.01. The molecule has 0 N–H and O–H groups in total. The van der Waals surface area contributed by atoms with Gasteiger partial charge in [-0.05, 0) is 64.7 Å². The molecule has 2 aromatic carbocycles. The van der Waals surface area contributed by atoms with Gasteiger partial charge >= 0.3 is 5.97 Å². The normalized spacial score (nSPS) is 10.3. The Bertz CT molecular complexity index is 635. The van der Waals surface area contributed by atoms with Crippen LogP contribution in [-0.4, -0.2) is 12.6 Å². The van der Waals surface area contributed by atoms with Crippen molar-refractivity contribution in [2.75, 3.05) is 6.61 Å². The number of aryl methyl sites for hydroxylation is 1. The fourth-order valence-corrected chi connectivity index (χ4v) is 2.41. The number of carbonyl (C=O) groups excluding carboxylic acids is 1. The molecular formula is C18H19BrO3. The highest BCUT2D eigenvalue weighted by Crippen LogP contribution is 2.27. The Labute approximate surface area is 139 Å². The molecular weight excluding hydrogens is 344 g/mol. The van der Waals surface area contributed by atoms with Gasteiger partial charge in [0.05, 0.1) is 16.6 Å². The van der Waals surface area contributed by atoms with Gasteiger partial charge in [0, 0.05) is 0 Å². The minimum absolute atomic E-state index is 0.382. The second-order valence-corrected chi connectivity index (χ2v) is 5.74. The first-order valence-corrected chi connectivity index (χ1v) is 8.16. The minimum atomic E-state index is -0.382. The monoisotopic (exact) mass is 362 g/mol. The van der Waals surface area contributed by atoms with Crippen LogP contribution in [0.2, 0.25) is 0 Å². The van der Waals surface area contributed by atoms with Crippen LogP contribution in [0.4, 0.5) is 0 Å². The number of benzene rings is 2. The molecule has 0 saturated heterocycles. The molecule has 2 rings (SSSR count). The SMILES string of the molecule is CCCOc1ccc(C(=O)Oc2ccc(CC)cc2)cc1Br. The molecule has 0 atom stereocenters. The van der Waals surface area contributed by atoms with E-state index in [1.54, 1.807) is 18.2 Å². The molecule has 0 saturated carbocycles. The molecule has 0 aliphatic carbocycles. The second-order valence-electron chi connectivity index (χ2n) is 4.88. The summed E-state index contributed by atoms with van der Waals surface area (Å²) in [6, 6.07) is 12.7. The predicted octanol–water partition coefficient (Wildman–Crippen LogP) is 5.02. The molecule has 0 bridgehead atoms. The number of hydrogen-bond acceptors (Lipinski definition) is 3. The zero-order valence-electron chi connectivity index (χ0n) is 12.8. The number of ether oxygens (including phenoxy) is 2. The first-order valence-electron chi connectivity index (χ1n) is 7.37. The van der Waals surface area contributed by atoms with Crippen LogP contribution in [0.3, 0.4) is 0 Å². The summed E-state index contributed by atoms with van der Waals surface area (Å²) in [5, 5.41) is 0. The van der Waals surface area contributed by atoms with Crippen LogP contribution in [0.15, 0.2) is 46.9 Å². The molecule has 116 valence electrons. The van der Waals surface area contributed by atoms with Crippen molar-refractivity contribution >= 4 is 21.9 Å². The van der Waals surface area contributed by atoms with Crippen molar-refractivity contribution in [3.8, 4) is 11.5 Å². The largest absolute Gasteiger partial charge is 0.492 e. The maximum atomic E-state index is 12.2. The van der Waals surface area contributed by atoms with Crippen LogP contribution in [0.5, 0.6) is 11.5 Å². The molecule has 0 fully saturated rings. The van der Waals surface area contributed by atoms with Gasteiger partial charge in [0.15, 0.2) is 0 Å². The van der Waals surface area contributed by atoms with E-state index < -0.39 is 0 Å². The smallest absolute Gasteiger partial charge is 0.343 e. The molecule has 0 aliphatic heterocycles. The minimum Gasteiger partial charge on any atom is -0.492 e. The zero-order valence-corrected chi connectivity index (χ0v) is 14.4. The molecule has 0 amide bonds.